The van der Waals surface area contributed by atoms with Crippen LogP contribution in [0.2, 0.25) is 0 Å². The van der Waals surface area contributed by atoms with Gasteiger partial charge in [0.15, 0.2) is 0 Å². The van der Waals surface area contributed by atoms with Crippen molar-refractivity contribution in [1.29, 1.82) is 0 Å². The Morgan fingerprint density at radius 2 is 1.55 bits per heavy atom. The van der Waals surface area contributed by atoms with Gasteiger partial charge in [0.2, 0.25) is 5.91 Å². The molecule has 3 N–H and O–H groups in total. The van der Waals surface area contributed by atoms with E-state index in [2.05, 4.69) is 5.32 Å². The number of rotatable bonds is 4. The number of nitrogens with two attached hydrogens (primary N) is 1. The standard InChI is InChI=1S/C16H18N2O2/c1-11-3-7-14(8-4-11)20-15-9-5-13(6-10-15)18-16(19)12(2)17/h3-10,12H,17H2,1-2H3,(H,18,19)/t12-/m0/s1. The molecule has 0 unspecified atom stereocenters. The Balaban J connectivity index is 2.01. The van der Waals surface area contributed by atoms with Gasteiger partial charge in [-0.25, -0.2) is 0 Å². The Hall–Kier alpha value is -2.33. The number of anilines is 1. The Kier molecular flexibility index (Phi) is 4.38. The van der Waals surface area contributed by atoms with Crippen LogP contribution in [0.5, 0.6) is 11.5 Å². The van der Waals surface area contributed by atoms with Crippen molar-refractivity contribution in [2.45, 2.75) is 19.9 Å². The molecule has 0 aliphatic carbocycles. The summed E-state index contributed by atoms with van der Waals surface area (Å²) in [6.45, 7) is 3.67. The number of amides is 1. The lowest BCUT2D eigenvalue weighted by atomic mass is 10.2. The SMILES string of the molecule is Cc1ccc(Oc2ccc(NC(=O)[C@H](C)N)cc2)cc1. The van der Waals surface area contributed by atoms with Crippen molar-refractivity contribution >= 4 is 11.6 Å². The van der Waals surface area contributed by atoms with Gasteiger partial charge in [-0.2, -0.15) is 0 Å². The van der Waals surface area contributed by atoms with Crippen molar-refractivity contribution in [1.82, 2.24) is 0 Å². The van der Waals surface area contributed by atoms with Gasteiger partial charge in [-0.3, -0.25) is 4.79 Å². The highest BCUT2D eigenvalue weighted by Crippen LogP contribution is 2.23. The smallest absolute Gasteiger partial charge is 0.240 e. The van der Waals surface area contributed by atoms with Gasteiger partial charge in [0.25, 0.3) is 0 Å². The number of aryl methyl sites for hydroxylation is 1. The fourth-order valence-corrected chi connectivity index (χ4v) is 1.60. The van der Waals surface area contributed by atoms with Crippen LogP contribution in [0.25, 0.3) is 0 Å². The van der Waals surface area contributed by atoms with Crippen molar-refractivity contribution < 1.29 is 9.53 Å². The lowest BCUT2D eigenvalue weighted by molar-refractivity contribution is -0.117. The number of carbonyl (C=O) groups excluding carboxylic acids is 1. The summed E-state index contributed by atoms with van der Waals surface area (Å²) in [6, 6.07) is 14.5. The van der Waals surface area contributed by atoms with Crippen LogP contribution >= 0.6 is 0 Å². The predicted octanol–water partition coefficient (Wildman–Crippen LogP) is 3.07. The third-order valence-electron chi connectivity index (χ3n) is 2.79. The Labute approximate surface area is 118 Å². The van der Waals surface area contributed by atoms with Gasteiger partial charge in [0.1, 0.15) is 11.5 Å². The molecule has 104 valence electrons. The summed E-state index contributed by atoms with van der Waals surface area (Å²) in [4.78, 5) is 11.5. The minimum absolute atomic E-state index is 0.211. The predicted molar refractivity (Wildman–Crippen MR) is 80.0 cm³/mol. The molecule has 0 spiro atoms. The third kappa shape index (κ3) is 3.83. The van der Waals surface area contributed by atoms with Gasteiger partial charge in [-0.15, -0.1) is 0 Å². The molecule has 0 saturated carbocycles. The van der Waals surface area contributed by atoms with E-state index in [9.17, 15) is 4.79 Å². The van der Waals surface area contributed by atoms with Gasteiger partial charge in [0.05, 0.1) is 6.04 Å². The van der Waals surface area contributed by atoms with Crippen molar-refractivity contribution in [3.8, 4) is 11.5 Å². The van der Waals surface area contributed by atoms with Gasteiger partial charge in [0, 0.05) is 5.69 Å². The average molecular weight is 270 g/mol. The normalized spacial score (nSPS) is 11.8. The van der Waals surface area contributed by atoms with E-state index >= 15 is 0 Å². The first-order chi connectivity index (χ1) is 9.54. The topological polar surface area (TPSA) is 64.3 Å². The monoisotopic (exact) mass is 270 g/mol. The minimum Gasteiger partial charge on any atom is -0.457 e. The molecule has 0 aliphatic heterocycles. The van der Waals surface area contributed by atoms with E-state index in [1.165, 1.54) is 5.56 Å². The lowest BCUT2D eigenvalue weighted by Crippen LogP contribution is -2.32. The van der Waals surface area contributed by atoms with Crippen LogP contribution in [0.15, 0.2) is 48.5 Å². The highest BCUT2D eigenvalue weighted by Gasteiger charge is 2.07. The lowest BCUT2D eigenvalue weighted by Gasteiger charge is -2.09. The minimum atomic E-state index is -0.529. The Bertz CT molecular complexity index is 574. The second-order valence-corrected chi connectivity index (χ2v) is 4.72. The molecule has 2 aromatic rings. The van der Waals surface area contributed by atoms with Crippen molar-refractivity contribution in [2.24, 2.45) is 5.73 Å². The molecule has 4 heteroatoms. The molecule has 1 atom stereocenters. The highest BCUT2D eigenvalue weighted by atomic mass is 16.5. The molecule has 1 amide bonds. The summed E-state index contributed by atoms with van der Waals surface area (Å²) in [5.41, 5.74) is 7.38. The maximum Gasteiger partial charge on any atom is 0.240 e. The zero-order chi connectivity index (χ0) is 14.5. The maximum atomic E-state index is 11.5. The van der Waals surface area contributed by atoms with Gasteiger partial charge in [-0.05, 0) is 50.2 Å². The largest absolute Gasteiger partial charge is 0.457 e. The summed E-state index contributed by atoms with van der Waals surface area (Å²) in [7, 11) is 0. The Morgan fingerprint density at radius 3 is 2.05 bits per heavy atom. The zero-order valence-electron chi connectivity index (χ0n) is 11.6. The van der Waals surface area contributed by atoms with Gasteiger partial charge >= 0.3 is 0 Å². The van der Waals surface area contributed by atoms with Crippen LogP contribution in [0.3, 0.4) is 0 Å². The Morgan fingerprint density at radius 1 is 1.05 bits per heavy atom. The van der Waals surface area contributed by atoms with Crippen LogP contribution in [0.1, 0.15) is 12.5 Å². The van der Waals surface area contributed by atoms with E-state index in [0.717, 1.165) is 5.75 Å². The van der Waals surface area contributed by atoms with Crippen molar-refractivity contribution in [3.63, 3.8) is 0 Å². The molecule has 2 aromatic carbocycles. The van der Waals surface area contributed by atoms with E-state index in [-0.39, 0.29) is 5.91 Å². The summed E-state index contributed by atoms with van der Waals surface area (Å²) < 4.78 is 5.70. The molecular formula is C16H18N2O2. The molecule has 0 fully saturated rings. The van der Waals surface area contributed by atoms with Crippen LogP contribution in [-0.4, -0.2) is 11.9 Å². The summed E-state index contributed by atoms with van der Waals surface area (Å²) in [5.74, 6) is 1.29. The summed E-state index contributed by atoms with van der Waals surface area (Å²) in [5, 5.41) is 2.72. The zero-order valence-corrected chi connectivity index (χ0v) is 11.6. The molecule has 0 bridgehead atoms. The van der Waals surface area contributed by atoms with Crippen LogP contribution in [0.4, 0.5) is 5.69 Å². The molecule has 0 aromatic heterocycles. The van der Waals surface area contributed by atoms with Gasteiger partial charge < -0.3 is 15.8 Å². The summed E-state index contributed by atoms with van der Waals surface area (Å²) >= 11 is 0. The van der Waals surface area contributed by atoms with E-state index in [0.29, 0.717) is 11.4 Å². The molecule has 0 radical (unpaired) electrons. The van der Waals surface area contributed by atoms with E-state index < -0.39 is 6.04 Å². The van der Waals surface area contributed by atoms with E-state index in [1.54, 1.807) is 31.2 Å². The number of hydrogen-bond acceptors (Lipinski definition) is 3. The second-order valence-electron chi connectivity index (χ2n) is 4.72. The molecule has 20 heavy (non-hydrogen) atoms. The number of ether oxygens (including phenoxy) is 1. The van der Waals surface area contributed by atoms with Crippen LogP contribution in [0, 0.1) is 6.92 Å². The van der Waals surface area contributed by atoms with Crippen LogP contribution < -0.4 is 15.8 Å². The third-order valence-corrected chi connectivity index (χ3v) is 2.79. The quantitative estimate of drug-likeness (QED) is 0.897. The fraction of sp³-hybridized carbons (Fsp3) is 0.188. The van der Waals surface area contributed by atoms with E-state index in [1.807, 2.05) is 31.2 Å². The first-order valence-corrected chi connectivity index (χ1v) is 6.45. The number of benzene rings is 2. The average Bonchev–Trinajstić information content (AvgIpc) is 2.43. The molecule has 0 saturated heterocycles. The number of carbonyl (C=O) groups is 1. The summed E-state index contributed by atoms with van der Waals surface area (Å²) in [6.07, 6.45) is 0. The molecule has 0 aliphatic rings. The molecule has 0 heterocycles. The second kappa shape index (κ2) is 6.21. The number of hydrogen-bond donors (Lipinski definition) is 2. The first-order valence-electron chi connectivity index (χ1n) is 6.45. The maximum absolute atomic E-state index is 11.5. The van der Waals surface area contributed by atoms with Gasteiger partial charge in [-0.1, -0.05) is 17.7 Å². The van der Waals surface area contributed by atoms with Crippen molar-refractivity contribution in [3.05, 3.63) is 54.1 Å². The molecular weight excluding hydrogens is 252 g/mol. The highest BCUT2D eigenvalue weighted by molar-refractivity contribution is 5.94. The molecule has 2 rings (SSSR count). The van der Waals surface area contributed by atoms with E-state index in [4.69, 9.17) is 10.5 Å². The fourth-order valence-electron chi connectivity index (χ4n) is 1.60. The number of nitrogens with one attached hydrogen (secondary N) is 1. The van der Waals surface area contributed by atoms with Crippen molar-refractivity contribution in [2.75, 3.05) is 5.32 Å². The first kappa shape index (κ1) is 14.1. The molecule has 4 nitrogen and oxygen atoms in total. The van der Waals surface area contributed by atoms with Crippen LogP contribution in [-0.2, 0) is 4.79 Å².